The van der Waals surface area contributed by atoms with Gasteiger partial charge in [-0.3, -0.25) is 14.0 Å². The van der Waals surface area contributed by atoms with E-state index in [0.29, 0.717) is 10.6 Å². The molecule has 2 aromatic heterocycles. The fraction of sp³-hybridized carbons (Fsp3) is 0.450. The first-order chi connectivity index (χ1) is 14.3. The molecular weight excluding hydrogens is 442 g/mol. The van der Waals surface area contributed by atoms with Crippen molar-refractivity contribution in [3.8, 4) is 0 Å². The van der Waals surface area contributed by atoms with Crippen LogP contribution in [-0.2, 0) is 16.4 Å². The summed E-state index contributed by atoms with van der Waals surface area (Å²) in [5.74, 6) is 0. The Balaban J connectivity index is 1.64. The highest BCUT2D eigenvalue weighted by Crippen LogP contribution is 2.31. The number of sulfonamides is 1. The van der Waals surface area contributed by atoms with Gasteiger partial charge >= 0.3 is 0 Å². The topological polar surface area (TPSA) is 69.9 Å². The highest BCUT2D eigenvalue weighted by Gasteiger charge is 2.26. The first-order valence-corrected chi connectivity index (χ1v) is 12.7. The maximum Gasteiger partial charge on any atom is 0.281 e. The third-order valence-corrected chi connectivity index (χ3v) is 8.28. The summed E-state index contributed by atoms with van der Waals surface area (Å²) in [5.41, 5.74) is 2.92. The standard InChI is InChI=1S/C20H26ClN5O2S2/c1-4-15-5-6-16(13-17(15)14(2)25-9-7-24(3)8-10-25)23-30(27,28)19-18(21)22-20-26(19)11-12-29-20/h5-6,11-14,23H,4,7-10H2,1-3H3. The van der Waals surface area contributed by atoms with Crippen LogP contribution in [0.25, 0.3) is 4.96 Å². The Morgan fingerprint density at radius 1 is 1.27 bits per heavy atom. The third-order valence-electron chi connectivity index (χ3n) is 5.75. The second kappa shape index (κ2) is 8.47. The lowest BCUT2D eigenvalue weighted by molar-refractivity contribution is 0.118. The zero-order chi connectivity index (χ0) is 21.5. The molecule has 10 heteroatoms. The Hall–Kier alpha value is -1.65. The maximum atomic E-state index is 13.1. The van der Waals surface area contributed by atoms with Crippen molar-refractivity contribution in [1.82, 2.24) is 19.2 Å². The Morgan fingerprint density at radius 2 is 2.00 bits per heavy atom. The van der Waals surface area contributed by atoms with Crippen LogP contribution in [0.4, 0.5) is 5.69 Å². The van der Waals surface area contributed by atoms with E-state index in [1.807, 2.05) is 18.2 Å². The molecule has 7 nitrogen and oxygen atoms in total. The molecule has 1 unspecified atom stereocenters. The molecule has 4 rings (SSSR count). The predicted molar refractivity (Wildman–Crippen MR) is 122 cm³/mol. The number of thiazole rings is 1. The fourth-order valence-electron chi connectivity index (χ4n) is 3.96. The number of likely N-dealkylation sites (N-methyl/N-ethyl adjacent to an activating group) is 1. The molecule has 1 N–H and O–H groups in total. The summed E-state index contributed by atoms with van der Waals surface area (Å²) >= 11 is 7.49. The summed E-state index contributed by atoms with van der Waals surface area (Å²) in [6.45, 7) is 8.39. The van der Waals surface area contributed by atoms with Crippen molar-refractivity contribution in [2.24, 2.45) is 0 Å². The SMILES string of the molecule is CCc1ccc(NS(=O)(=O)c2c(Cl)nc3sccn23)cc1C(C)N1CCN(C)CC1. The van der Waals surface area contributed by atoms with Crippen molar-refractivity contribution in [2.75, 3.05) is 37.9 Å². The molecule has 0 radical (unpaired) electrons. The van der Waals surface area contributed by atoms with Crippen molar-refractivity contribution < 1.29 is 8.42 Å². The van der Waals surface area contributed by atoms with E-state index in [1.165, 1.54) is 21.3 Å². The van der Waals surface area contributed by atoms with E-state index in [1.54, 1.807) is 11.6 Å². The van der Waals surface area contributed by atoms with Gasteiger partial charge in [-0.15, -0.1) is 11.3 Å². The molecule has 0 amide bonds. The number of benzene rings is 1. The average molecular weight is 468 g/mol. The number of fused-ring (bicyclic) bond motifs is 1. The average Bonchev–Trinajstić information content (AvgIpc) is 3.27. The van der Waals surface area contributed by atoms with E-state index in [-0.39, 0.29) is 16.2 Å². The molecule has 162 valence electrons. The lowest BCUT2D eigenvalue weighted by Gasteiger charge is -2.37. The molecule has 1 saturated heterocycles. The summed E-state index contributed by atoms with van der Waals surface area (Å²) in [5, 5.41) is 1.73. The third kappa shape index (κ3) is 4.09. The Labute approximate surface area is 186 Å². The minimum absolute atomic E-state index is 0.0226. The van der Waals surface area contributed by atoms with E-state index in [2.05, 4.69) is 40.4 Å². The van der Waals surface area contributed by atoms with Crippen LogP contribution in [0.1, 0.15) is 31.0 Å². The number of halogens is 1. The van der Waals surface area contributed by atoms with E-state index >= 15 is 0 Å². The number of anilines is 1. The van der Waals surface area contributed by atoms with Crippen LogP contribution < -0.4 is 4.72 Å². The number of hydrogen-bond acceptors (Lipinski definition) is 6. The van der Waals surface area contributed by atoms with Gasteiger partial charge in [-0.1, -0.05) is 24.6 Å². The van der Waals surface area contributed by atoms with Crippen LogP contribution >= 0.6 is 22.9 Å². The van der Waals surface area contributed by atoms with Gasteiger partial charge in [-0.05, 0) is 43.7 Å². The Bertz CT molecular complexity index is 1150. The molecule has 30 heavy (non-hydrogen) atoms. The first kappa shape index (κ1) is 21.6. The normalized spacial score (nSPS) is 17.5. The lowest BCUT2D eigenvalue weighted by atomic mass is 9.97. The van der Waals surface area contributed by atoms with Crippen molar-refractivity contribution in [3.63, 3.8) is 0 Å². The fourth-order valence-corrected chi connectivity index (χ4v) is 6.46. The number of nitrogens with zero attached hydrogens (tertiary/aromatic N) is 4. The van der Waals surface area contributed by atoms with E-state index in [9.17, 15) is 8.42 Å². The van der Waals surface area contributed by atoms with E-state index in [4.69, 9.17) is 11.6 Å². The molecule has 0 saturated carbocycles. The zero-order valence-corrected chi connectivity index (χ0v) is 19.7. The van der Waals surface area contributed by atoms with Crippen LogP contribution in [0, 0.1) is 0 Å². The second-order valence-corrected chi connectivity index (χ2v) is 10.5. The first-order valence-electron chi connectivity index (χ1n) is 9.99. The molecule has 1 aliphatic heterocycles. The number of hydrogen-bond donors (Lipinski definition) is 1. The maximum absolute atomic E-state index is 13.1. The van der Waals surface area contributed by atoms with Gasteiger partial charge in [-0.2, -0.15) is 8.42 Å². The molecule has 3 heterocycles. The molecule has 0 bridgehead atoms. The number of piperazine rings is 1. The van der Waals surface area contributed by atoms with Gasteiger partial charge in [0.25, 0.3) is 10.0 Å². The lowest BCUT2D eigenvalue weighted by Crippen LogP contribution is -2.45. The molecular formula is C20H26ClN5O2S2. The van der Waals surface area contributed by atoms with Gasteiger partial charge in [0.1, 0.15) is 0 Å². The molecule has 1 atom stereocenters. The van der Waals surface area contributed by atoms with Crippen molar-refractivity contribution in [1.29, 1.82) is 0 Å². The van der Waals surface area contributed by atoms with Crippen LogP contribution in [0.5, 0.6) is 0 Å². The largest absolute Gasteiger partial charge is 0.304 e. The Kier molecular flexibility index (Phi) is 6.09. The summed E-state index contributed by atoms with van der Waals surface area (Å²) in [6, 6.07) is 5.99. The monoisotopic (exact) mass is 467 g/mol. The van der Waals surface area contributed by atoms with E-state index in [0.717, 1.165) is 38.2 Å². The summed E-state index contributed by atoms with van der Waals surface area (Å²) in [4.78, 5) is 9.47. The molecule has 1 fully saturated rings. The molecule has 0 spiro atoms. The molecule has 3 aromatic rings. The van der Waals surface area contributed by atoms with E-state index < -0.39 is 10.0 Å². The van der Waals surface area contributed by atoms with Crippen molar-refractivity contribution in [2.45, 2.75) is 31.3 Å². The Morgan fingerprint density at radius 3 is 2.70 bits per heavy atom. The van der Waals surface area contributed by atoms with Gasteiger partial charge in [0.05, 0.1) is 0 Å². The number of aryl methyl sites for hydroxylation is 1. The minimum Gasteiger partial charge on any atom is -0.304 e. The van der Waals surface area contributed by atoms with Crippen molar-refractivity contribution >= 4 is 43.6 Å². The number of imidazole rings is 1. The predicted octanol–water partition coefficient (Wildman–Crippen LogP) is 3.72. The molecule has 1 aromatic carbocycles. The van der Waals surface area contributed by atoms with Crippen molar-refractivity contribution in [3.05, 3.63) is 46.1 Å². The second-order valence-electron chi connectivity index (χ2n) is 7.65. The van der Waals surface area contributed by atoms with Gasteiger partial charge in [-0.25, -0.2) is 4.98 Å². The van der Waals surface area contributed by atoms with Gasteiger partial charge in [0.15, 0.2) is 15.1 Å². The number of aromatic nitrogens is 2. The molecule has 1 aliphatic rings. The minimum atomic E-state index is -3.89. The summed E-state index contributed by atoms with van der Waals surface area (Å²) in [7, 11) is -1.75. The zero-order valence-electron chi connectivity index (χ0n) is 17.3. The highest BCUT2D eigenvalue weighted by atomic mass is 35.5. The van der Waals surface area contributed by atoms with Gasteiger partial charge in [0.2, 0.25) is 0 Å². The van der Waals surface area contributed by atoms with Crippen LogP contribution in [0.3, 0.4) is 0 Å². The number of rotatable bonds is 6. The van der Waals surface area contributed by atoms with Crippen LogP contribution in [-0.4, -0.2) is 60.8 Å². The summed E-state index contributed by atoms with van der Waals surface area (Å²) < 4.78 is 30.4. The van der Waals surface area contributed by atoms with Gasteiger partial charge in [0, 0.05) is 49.5 Å². The molecule has 0 aliphatic carbocycles. The van der Waals surface area contributed by atoms with Crippen LogP contribution in [0.15, 0.2) is 34.8 Å². The highest BCUT2D eigenvalue weighted by molar-refractivity contribution is 7.92. The van der Waals surface area contributed by atoms with Crippen LogP contribution in [0.2, 0.25) is 5.15 Å². The smallest absolute Gasteiger partial charge is 0.281 e. The quantitative estimate of drug-likeness (QED) is 0.598. The summed E-state index contributed by atoms with van der Waals surface area (Å²) in [6.07, 6.45) is 2.55. The van der Waals surface area contributed by atoms with Gasteiger partial charge < -0.3 is 4.90 Å². The number of nitrogens with one attached hydrogen (secondary N) is 1.